The molecule has 13 heavy (non-hydrogen) atoms. The molecule has 3 nitrogen and oxygen atoms in total. The number of anilines is 1. The first-order chi connectivity index (χ1) is 5.91. The molecule has 74 valence electrons. The smallest absolute Gasteiger partial charge is 0.359 e. The number of alkyl halides is 3. The second kappa shape index (κ2) is 3.27. The van der Waals surface area contributed by atoms with Gasteiger partial charge >= 0.3 is 6.18 Å². The largest absolute Gasteiger partial charge is 0.408 e. The second-order valence-corrected chi connectivity index (χ2v) is 2.75. The van der Waals surface area contributed by atoms with E-state index in [1.54, 1.807) is 7.05 Å². The van der Waals surface area contributed by atoms with Crippen molar-refractivity contribution in [3.63, 3.8) is 0 Å². The molecule has 0 aliphatic heterocycles. The Labute approximate surface area is 73.5 Å². The lowest BCUT2D eigenvalue weighted by Crippen LogP contribution is -2.33. The summed E-state index contributed by atoms with van der Waals surface area (Å²) in [5.41, 5.74) is 0. The summed E-state index contributed by atoms with van der Waals surface area (Å²) in [6, 6.07) is -0.0784. The number of nitrogens with zero attached hydrogens (tertiary/aromatic N) is 2. The summed E-state index contributed by atoms with van der Waals surface area (Å²) >= 11 is 0. The van der Waals surface area contributed by atoms with Crippen molar-refractivity contribution in [3.8, 4) is 0 Å². The predicted octanol–water partition coefficient (Wildman–Crippen LogP) is 1.78. The zero-order valence-electron chi connectivity index (χ0n) is 7.26. The van der Waals surface area contributed by atoms with Gasteiger partial charge in [0.25, 0.3) is 0 Å². The summed E-state index contributed by atoms with van der Waals surface area (Å²) in [6.45, 7) is 1.06. The number of hydrogen-bond acceptors (Lipinski definition) is 2. The van der Waals surface area contributed by atoms with Gasteiger partial charge in [-0.1, -0.05) is 0 Å². The first-order valence-corrected chi connectivity index (χ1v) is 3.72. The molecule has 1 aromatic rings. The van der Waals surface area contributed by atoms with Crippen LogP contribution in [0, 0.1) is 0 Å². The van der Waals surface area contributed by atoms with Crippen LogP contribution in [-0.2, 0) is 7.05 Å². The number of nitrogens with one attached hydrogen (secondary N) is 1. The van der Waals surface area contributed by atoms with Gasteiger partial charge in [0.1, 0.15) is 11.9 Å². The number of halogens is 3. The lowest BCUT2D eigenvalue weighted by Gasteiger charge is -2.17. The SMILES string of the molecule is CC(Nc1ccnn1C)C(F)(F)F. The Kier molecular flexibility index (Phi) is 2.49. The third-order valence-electron chi connectivity index (χ3n) is 1.68. The molecule has 0 aromatic carbocycles. The zero-order valence-corrected chi connectivity index (χ0v) is 7.26. The molecule has 1 aromatic heterocycles. The molecule has 0 aliphatic rings. The van der Waals surface area contributed by atoms with E-state index < -0.39 is 12.2 Å². The van der Waals surface area contributed by atoms with Gasteiger partial charge in [-0.05, 0) is 6.92 Å². The van der Waals surface area contributed by atoms with Crippen LogP contribution in [0.1, 0.15) is 6.92 Å². The van der Waals surface area contributed by atoms with Crippen molar-refractivity contribution in [1.82, 2.24) is 9.78 Å². The maximum atomic E-state index is 12.1. The summed E-state index contributed by atoms with van der Waals surface area (Å²) < 4.78 is 37.6. The number of aryl methyl sites for hydroxylation is 1. The molecular formula is C7H10F3N3. The van der Waals surface area contributed by atoms with E-state index in [-0.39, 0.29) is 0 Å². The van der Waals surface area contributed by atoms with Gasteiger partial charge in [-0.15, -0.1) is 0 Å². The topological polar surface area (TPSA) is 29.9 Å². The molecule has 1 N–H and O–H groups in total. The van der Waals surface area contributed by atoms with E-state index in [0.29, 0.717) is 5.82 Å². The highest BCUT2D eigenvalue weighted by molar-refractivity contribution is 5.34. The Morgan fingerprint density at radius 3 is 2.54 bits per heavy atom. The van der Waals surface area contributed by atoms with E-state index in [2.05, 4.69) is 10.4 Å². The first-order valence-electron chi connectivity index (χ1n) is 3.72. The minimum absolute atomic E-state index is 0.352. The van der Waals surface area contributed by atoms with Crippen molar-refractivity contribution in [2.75, 3.05) is 5.32 Å². The van der Waals surface area contributed by atoms with Crippen LogP contribution in [-0.4, -0.2) is 22.0 Å². The van der Waals surface area contributed by atoms with Crippen LogP contribution >= 0.6 is 0 Å². The van der Waals surface area contributed by atoms with Gasteiger partial charge in [-0.3, -0.25) is 4.68 Å². The van der Waals surface area contributed by atoms with E-state index >= 15 is 0 Å². The van der Waals surface area contributed by atoms with E-state index in [4.69, 9.17) is 0 Å². The molecule has 0 saturated carbocycles. The molecule has 0 saturated heterocycles. The van der Waals surface area contributed by atoms with Crippen LogP contribution in [0.5, 0.6) is 0 Å². The van der Waals surface area contributed by atoms with Crippen LogP contribution in [0.3, 0.4) is 0 Å². The van der Waals surface area contributed by atoms with E-state index in [0.717, 1.165) is 6.92 Å². The normalized spacial score (nSPS) is 14.2. The zero-order chi connectivity index (χ0) is 10.1. The Morgan fingerprint density at radius 2 is 2.15 bits per heavy atom. The number of hydrogen-bond donors (Lipinski definition) is 1. The summed E-state index contributed by atoms with van der Waals surface area (Å²) in [7, 11) is 1.57. The van der Waals surface area contributed by atoms with Crippen molar-refractivity contribution in [3.05, 3.63) is 12.3 Å². The van der Waals surface area contributed by atoms with E-state index in [1.807, 2.05) is 0 Å². The molecular weight excluding hydrogens is 183 g/mol. The standard InChI is InChI=1S/C7H10F3N3/c1-5(7(8,9)10)12-6-3-4-11-13(6)2/h3-5,12H,1-2H3. The highest BCUT2D eigenvalue weighted by Gasteiger charge is 2.36. The molecule has 0 fully saturated rings. The Balaban J connectivity index is 2.65. The molecule has 0 spiro atoms. The van der Waals surface area contributed by atoms with Crippen molar-refractivity contribution in [2.24, 2.45) is 7.05 Å². The van der Waals surface area contributed by atoms with Gasteiger partial charge in [-0.25, -0.2) is 0 Å². The molecule has 1 unspecified atom stereocenters. The molecule has 0 amide bonds. The van der Waals surface area contributed by atoms with Crippen LogP contribution < -0.4 is 5.32 Å². The van der Waals surface area contributed by atoms with Crippen molar-refractivity contribution in [2.45, 2.75) is 19.1 Å². The average molecular weight is 193 g/mol. The number of rotatable bonds is 2. The lowest BCUT2D eigenvalue weighted by atomic mass is 10.3. The molecule has 6 heteroatoms. The van der Waals surface area contributed by atoms with Gasteiger partial charge in [0, 0.05) is 13.1 Å². The molecule has 1 heterocycles. The fourth-order valence-corrected chi connectivity index (χ4v) is 0.819. The van der Waals surface area contributed by atoms with Crippen LogP contribution in [0.15, 0.2) is 12.3 Å². The highest BCUT2D eigenvalue weighted by Crippen LogP contribution is 2.22. The summed E-state index contributed by atoms with van der Waals surface area (Å²) in [6.07, 6.45) is -2.80. The fraction of sp³-hybridized carbons (Fsp3) is 0.571. The molecule has 0 bridgehead atoms. The van der Waals surface area contributed by atoms with Crippen LogP contribution in [0.2, 0.25) is 0 Å². The molecule has 1 atom stereocenters. The monoisotopic (exact) mass is 193 g/mol. The third kappa shape index (κ3) is 2.37. The maximum absolute atomic E-state index is 12.1. The third-order valence-corrected chi connectivity index (χ3v) is 1.68. The van der Waals surface area contributed by atoms with Gasteiger partial charge in [0.2, 0.25) is 0 Å². The summed E-state index contributed by atoms with van der Waals surface area (Å²) in [5.74, 6) is 0.352. The minimum Gasteiger partial charge on any atom is -0.359 e. The Morgan fingerprint density at radius 1 is 1.54 bits per heavy atom. The maximum Gasteiger partial charge on any atom is 0.408 e. The minimum atomic E-state index is -4.23. The summed E-state index contributed by atoms with van der Waals surface area (Å²) in [4.78, 5) is 0. The van der Waals surface area contributed by atoms with Crippen molar-refractivity contribution >= 4 is 5.82 Å². The predicted molar refractivity (Wildman–Crippen MR) is 42.3 cm³/mol. The van der Waals surface area contributed by atoms with Crippen molar-refractivity contribution in [1.29, 1.82) is 0 Å². The average Bonchev–Trinajstić information content (AvgIpc) is 2.34. The summed E-state index contributed by atoms with van der Waals surface area (Å²) in [5, 5.41) is 6.04. The Hall–Kier alpha value is -1.20. The lowest BCUT2D eigenvalue weighted by molar-refractivity contribution is -0.138. The first kappa shape index (κ1) is 9.88. The second-order valence-electron chi connectivity index (χ2n) is 2.75. The van der Waals surface area contributed by atoms with Crippen molar-refractivity contribution < 1.29 is 13.2 Å². The molecule has 0 radical (unpaired) electrons. The van der Waals surface area contributed by atoms with E-state index in [9.17, 15) is 13.2 Å². The van der Waals surface area contributed by atoms with Gasteiger partial charge < -0.3 is 5.32 Å². The van der Waals surface area contributed by atoms with Gasteiger partial charge in [-0.2, -0.15) is 18.3 Å². The highest BCUT2D eigenvalue weighted by atomic mass is 19.4. The Bertz CT molecular complexity index is 279. The van der Waals surface area contributed by atoms with E-state index in [1.165, 1.54) is 16.9 Å². The number of aromatic nitrogens is 2. The van der Waals surface area contributed by atoms with Crippen LogP contribution in [0.25, 0.3) is 0 Å². The quantitative estimate of drug-likeness (QED) is 0.775. The van der Waals surface area contributed by atoms with Crippen LogP contribution in [0.4, 0.5) is 19.0 Å². The fourth-order valence-electron chi connectivity index (χ4n) is 0.819. The molecule has 1 rings (SSSR count). The van der Waals surface area contributed by atoms with Gasteiger partial charge in [0.15, 0.2) is 0 Å². The molecule has 0 aliphatic carbocycles. The van der Waals surface area contributed by atoms with Gasteiger partial charge in [0.05, 0.1) is 6.20 Å².